The van der Waals surface area contributed by atoms with Crippen LogP contribution in [0.2, 0.25) is 10.0 Å². The van der Waals surface area contributed by atoms with Gasteiger partial charge >= 0.3 is 5.97 Å². The van der Waals surface area contributed by atoms with Gasteiger partial charge in [-0.2, -0.15) is 0 Å². The van der Waals surface area contributed by atoms with Gasteiger partial charge in [-0.1, -0.05) is 70.8 Å². The summed E-state index contributed by atoms with van der Waals surface area (Å²) in [5.41, 5.74) is 8.03. The summed E-state index contributed by atoms with van der Waals surface area (Å²) in [5, 5.41) is 17.8. The molecule has 2 aliphatic rings. The largest absolute Gasteiger partial charge is 0.489 e. The minimum absolute atomic E-state index is 0.0252. The van der Waals surface area contributed by atoms with E-state index >= 15 is 0 Å². The second-order valence-electron chi connectivity index (χ2n) is 14.9. The number of ether oxygens (including phenoxy) is 3. The molecule has 0 spiro atoms. The van der Waals surface area contributed by atoms with Crippen LogP contribution >= 0.6 is 23.2 Å². The lowest BCUT2D eigenvalue weighted by atomic mass is 9.91. The van der Waals surface area contributed by atoms with Gasteiger partial charge in [-0.15, -0.1) is 0 Å². The quantitative estimate of drug-likeness (QED) is 0.130. The number of carboxylic acid groups (broad SMARTS) is 1. The number of pyridine rings is 1. The number of nitrogens with zero attached hydrogens (tertiary/aromatic N) is 3. The number of benzene rings is 4. The third-order valence-corrected chi connectivity index (χ3v) is 11.6. The van der Waals surface area contributed by atoms with E-state index in [0.29, 0.717) is 39.7 Å². The van der Waals surface area contributed by atoms with E-state index < -0.39 is 36.0 Å². The summed E-state index contributed by atoms with van der Waals surface area (Å²) in [6.07, 6.45) is 1.46. The van der Waals surface area contributed by atoms with Crippen LogP contribution in [0.4, 0.5) is 0 Å². The predicted octanol–water partition coefficient (Wildman–Crippen LogP) is 8.44. The molecule has 14 heteroatoms. The molecule has 2 N–H and O–H groups in total. The van der Waals surface area contributed by atoms with Gasteiger partial charge in [-0.3, -0.25) is 14.6 Å². The van der Waals surface area contributed by atoms with Crippen molar-refractivity contribution in [3.8, 4) is 28.4 Å². The zero-order chi connectivity index (χ0) is 42.1. The van der Waals surface area contributed by atoms with Crippen LogP contribution in [-0.4, -0.2) is 56.6 Å². The smallest absolute Gasteiger partial charge is 0.326 e. The number of aryl methyl sites for hydroxylation is 2. The van der Waals surface area contributed by atoms with Gasteiger partial charge in [0, 0.05) is 37.3 Å². The van der Waals surface area contributed by atoms with Gasteiger partial charge in [0.25, 0.3) is 5.91 Å². The lowest BCUT2D eigenvalue weighted by Crippen LogP contribution is -2.56. The number of nitrogens with one attached hydrogen (secondary N) is 1. The van der Waals surface area contributed by atoms with Crippen molar-refractivity contribution >= 4 is 41.0 Å². The third-order valence-electron chi connectivity index (χ3n) is 10.9. The minimum atomic E-state index is -1.26. The summed E-state index contributed by atoms with van der Waals surface area (Å²) in [6, 6.07) is 25.2. The molecular weight excluding hydrogens is 807 g/mol. The number of carboxylic acids is 1. The first kappa shape index (κ1) is 40.4. The fraction of sp³-hybridized carbons (Fsp3) is 0.239. The Bertz CT molecular complexity index is 2600. The second kappa shape index (κ2) is 17.1. The van der Waals surface area contributed by atoms with E-state index in [4.69, 9.17) is 41.9 Å². The Kier molecular flexibility index (Phi) is 11.5. The summed E-state index contributed by atoms with van der Waals surface area (Å²) in [4.78, 5) is 46.4. The van der Waals surface area contributed by atoms with Gasteiger partial charge < -0.3 is 34.1 Å². The van der Waals surface area contributed by atoms with E-state index in [2.05, 4.69) is 15.5 Å². The number of aliphatic carboxylic acids is 1. The fourth-order valence-electron chi connectivity index (χ4n) is 7.43. The molecule has 0 fully saturated rings. The van der Waals surface area contributed by atoms with Gasteiger partial charge in [0.15, 0.2) is 23.3 Å². The second-order valence-corrected chi connectivity index (χ2v) is 15.8. The lowest BCUT2D eigenvalue weighted by Gasteiger charge is -2.37. The molecule has 306 valence electrons. The van der Waals surface area contributed by atoms with Crippen molar-refractivity contribution in [2.75, 3.05) is 6.61 Å². The fourth-order valence-corrected chi connectivity index (χ4v) is 7.75. The molecule has 2 aliphatic heterocycles. The first-order chi connectivity index (χ1) is 28.9. The van der Waals surface area contributed by atoms with E-state index in [-0.39, 0.29) is 31.7 Å². The summed E-state index contributed by atoms with van der Waals surface area (Å²) in [5.74, 6) is -0.257. The lowest BCUT2D eigenvalue weighted by molar-refractivity contribution is -0.142. The Balaban J connectivity index is 0.980. The molecule has 8 rings (SSSR count). The maximum atomic E-state index is 14.1. The monoisotopic (exact) mass is 846 g/mol. The molecule has 60 heavy (non-hydrogen) atoms. The average Bonchev–Trinajstić information content (AvgIpc) is 3.69. The van der Waals surface area contributed by atoms with Crippen molar-refractivity contribution in [3.63, 3.8) is 0 Å². The summed E-state index contributed by atoms with van der Waals surface area (Å²) < 4.78 is 23.8. The molecule has 4 heterocycles. The minimum Gasteiger partial charge on any atom is -0.489 e. The Labute approximate surface area is 356 Å². The SMILES string of the molecule is Cc1cc(C(=O)N2Cc3cc4c(cc3C[C@H]2C(=O)NC(Cc2ccc(-c3ccnc(C)c3C)cc2)C(=O)O)OC[C@H](c2ccc(OCc3ccc(Cl)c(Cl)c3)cc2)O4)no1. The van der Waals surface area contributed by atoms with Gasteiger partial charge in [-0.25, -0.2) is 4.79 Å². The number of amides is 2. The molecule has 0 saturated carbocycles. The highest BCUT2D eigenvalue weighted by atomic mass is 35.5. The van der Waals surface area contributed by atoms with Crippen LogP contribution in [-0.2, 0) is 35.6 Å². The highest BCUT2D eigenvalue weighted by Gasteiger charge is 2.39. The third kappa shape index (κ3) is 8.66. The van der Waals surface area contributed by atoms with Gasteiger partial charge in [0.1, 0.15) is 36.8 Å². The number of hydrogen-bond acceptors (Lipinski definition) is 9. The van der Waals surface area contributed by atoms with E-state index in [0.717, 1.165) is 50.2 Å². The first-order valence-corrected chi connectivity index (χ1v) is 20.1. The summed E-state index contributed by atoms with van der Waals surface area (Å²) in [6.45, 7) is 6.21. The van der Waals surface area contributed by atoms with Gasteiger partial charge in [-0.05, 0) is 108 Å². The predicted molar refractivity (Wildman–Crippen MR) is 224 cm³/mol. The topological polar surface area (TPSA) is 153 Å². The zero-order valence-corrected chi connectivity index (χ0v) is 34.4. The standard InChI is InChI=1S/C46H40Cl2N4O8/c1-25-16-38(51-60-25)45(54)52-22-33-21-42-41(58-24-43(59-42)31-9-11-34(12-10-31)57-23-29-6-13-36(47)37(48)17-29)20-32(33)19-40(52)44(53)50-39(46(55)56)18-28-4-7-30(8-5-28)35-14-15-49-27(3)26(35)2/h4-17,20-21,39-40,43H,18-19,22-24H2,1-3H3,(H,50,53)(H,55,56)/t39?,40-,43+/m0/s1. The zero-order valence-electron chi connectivity index (χ0n) is 32.9. The van der Waals surface area contributed by atoms with Crippen LogP contribution in [0.25, 0.3) is 11.1 Å². The molecule has 12 nitrogen and oxygen atoms in total. The Morgan fingerprint density at radius 3 is 2.37 bits per heavy atom. The van der Waals surface area contributed by atoms with Crippen molar-refractivity contribution in [1.29, 1.82) is 0 Å². The van der Waals surface area contributed by atoms with Crippen molar-refractivity contribution < 1.29 is 38.2 Å². The highest BCUT2D eigenvalue weighted by molar-refractivity contribution is 6.42. The molecule has 0 bridgehead atoms. The van der Waals surface area contributed by atoms with Crippen LogP contribution in [0.5, 0.6) is 17.2 Å². The van der Waals surface area contributed by atoms with Crippen LogP contribution in [0.3, 0.4) is 0 Å². The molecule has 2 amide bonds. The molecule has 0 aliphatic carbocycles. The van der Waals surface area contributed by atoms with Crippen molar-refractivity contribution in [3.05, 3.63) is 158 Å². The van der Waals surface area contributed by atoms with E-state index in [1.807, 2.05) is 86.6 Å². The molecule has 0 radical (unpaired) electrons. The highest BCUT2D eigenvalue weighted by Crippen LogP contribution is 2.41. The van der Waals surface area contributed by atoms with Gasteiger partial charge in [0.2, 0.25) is 5.91 Å². The normalized spacial score (nSPS) is 16.1. The van der Waals surface area contributed by atoms with Crippen LogP contribution in [0, 0.1) is 20.8 Å². The van der Waals surface area contributed by atoms with Crippen molar-refractivity contribution in [1.82, 2.24) is 20.4 Å². The summed E-state index contributed by atoms with van der Waals surface area (Å²) in [7, 11) is 0. The molecular formula is C46H40Cl2N4O8. The number of carbonyl (C=O) groups excluding carboxylic acids is 2. The number of hydrogen-bond donors (Lipinski definition) is 2. The molecule has 1 unspecified atom stereocenters. The van der Waals surface area contributed by atoms with Crippen molar-refractivity contribution in [2.24, 2.45) is 0 Å². The van der Waals surface area contributed by atoms with E-state index in [1.165, 1.54) is 11.0 Å². The molecule has 6 aromatic rings. The Hall–Kier alpha value is -6.37. The molecule has 0 saturated heterocycles. The number of fused-ring (bicyclic) bond motifs is 2. The maximum absolute atomic E-state index is 14.1. The van der Waals surface area contributed by atoms with Crippen LogP contribution in [0.1, 0.15) is 61.4 Å². The van der Waals surface area contributed by atoms with E-state index in [1.54, 1.807) is 25.3 Å². The first-order valence-electron chi connectivity index (χ1n) is 19.3. The van der Waals surface area contributed by atoms with Crippen LogP contribution < -0.4 is 19.5 Å². The van der Waals surface area contributed by atoms with E-state index in [9.17, 15) is 19.5 Å². The number of carbonyl (C=O) groups is 3. The number of rotatable bonds is 11. The Morgan fingerprint density at radius 2 is 1.65 bits per heavy atom. The molecule has 3 atom stereocenters. The van der Waals surface area contributed by atoms with Crippen LogP contribution in [0.15, 0.2) is 102 Å². The maximum Gasteiger partial charge on any atom is 0.326 e. The van der Waals surface area contributed by atoms with Crippen molar-refractivity contribution in [2.45, 2.75) is 65.0 Å². The molecule has 4 aromatic carbocycles. The van der Waals surface area contributed by atoms with Gasteiger partial charge in [0.05, 0.1) is 10.0 Å². The average molecular weight is 848 g/mol. The Morgan fingerprint density at radius 1 is 0.900 bits per heavy atom. The number of aromatic nitrogens is 2. The molecule has 2 aromatic heterocycles. The number of halogens is 2. The summed E-state index contributed by atoms with van der Waals surface area (Å²) >= 11 is 12.2.